The number of alkyl halides is 3. The maximum absolute atomic E-state index is 12.6. The predicted molar refractivity (Wildman–Crippen MR) is 128 cm³/mol. The van der Waals surface area contributed by atoms with Gasteiger partial charge in [-0.05, 0) is 54.6 Å². The fourth-order valence-corrected chi connectivity index (χ4v) is 3.72. The molecule has 0 aliphatic carbocycles. The van der Waals surface area contributed by atoms with Gasteiger partial charge in [0.2, 0.25) is 0 Å². The monoisotopic (exact) mass is 555 g/mol. The molecule has 0 saturated carbocycles. The average Bonchev–Trinajstić information content (AvgIpc) is 2.84. The molecule has 0 saturated heterocycles. The van der Waals surface area contributed by atoms with Crippen molar-refractivity contribution >= 4 is 33.5 Å². The standard InChI is InChI=1S/C21H19N3O6S.C2HF3O2/c1-29-15-6-8-17(9-7-15)31(27,28)24-14-5-10-19(18(12-14)21(25)26)30-16-4-2-3-13(11-16)20(22)23;3-2(4,5)1(6)7/h2-12,24H,1H3,(H3,22,23)(H,25,26);(H,6,7). The Bertz CT molecular complexity index is 1440. The second-order valence-corrected chi connectivity index (χ2v) is 8.83. The zero-order valence-electron chi connectivity index (χ0n) is 19.3. The maximum atomic E-state index is 12.6. The Labute approximate surface area is 213 Å². The summed E-state index contributed by atoms with van der Waals surface area (Å²) < 4.78 is 69.9. The van der Waals surface area contributed by atoms with Crippen molar-refractivity contribution < 1.29 is 50.9 Å². The van der Waals surface area contributed by atoms with Crippen LogP contribution < -0.4 is 19.9 Å². The van der Waals surface area contributed by atoms with Gasteiger partial charge in [-0.1, -0.05) is 12.1 Å². The van der Waals surface area contributed by atoms with E-state index in [9.17, 15) is 31.5 Å². The summed E-state index contributed by atoms with van der Waals surface area (Å²) in [5.74, 6) is -3.44. The van der Waals surface area contributed by atoms with Crippen molar-refractivity contribution in [3.8, 4) is 17.2 Å². The van der Waals surface area contributed by atoms with E-state index in [2.05, 4.69) is 4.72 Å². The van der Waals surface area contributed by atoms with Gasteiger partial charge >= 0.3 is 18.1 Å². The van der Waals surface area contributed by atoms with Crippen molar-refractivity contribution in [3.63, 3.8) is 0 Å². The number of carboxylic acid groups (broad SMARTS) is 2. The van der Waals surface area contributed by atoms with Crippen LogP contribution in [0.5, 0.6) is 17.2 Å². The van der Waals surface area contributed by atoms with Gasteiger partial charge in [-0.2, -0.15) is 13.2 Å². The fourth-order valence-electron chi connectivity index (χ4n) is 2.67. The van der Waals surface area contributed by atoms with E-state index in [1.54, 1.807) is 18.2 Å². The molecule has 15 heteroatoms. The Kier molecular flexibility index (Phi) is 9.27. The highest BCUT2D eigenvalue weighted by Gasteiger charge is 2.38. The number of ether oxygens (including phenoxy) is 2. The Morgan fingerprint density at radius 1 is 0.974 bits per heavy atom. The molecule has 0 heterocycles. The zero-order valence-corrected chi connectivity index (χ0v) is 20.1. The second kappa shape index (κ2) is 12.0. The molecular formula is C23H20F3N3O8S. The Morgan fingerprint density at radius 2 is 1.58 bits per heavy atom. The van der Waals surface area contributed by atoms with E-state index in [0.717, 1.165) is 6.07 Å². The molecule has 3 aromatic carbocycles. The predicted octanol–water partition coefficient (Wildman–Crippen LogP) is 3.90. The molecule has 0 aromatic heterocycles. The van der Waals surface area contributed by atoms with E-state index in [1.165, 1.54) is 49.6 Å². The van der Waals surface area contributed by atoms with Crippen LogP contribution in [0.25, 0.3) is 0 Å². The number of nitrogens with two attached hydrogens (primary N) is 1. The van der Waals surface area contributed by atoms with E-state index in [-0.39, 0.29) is 33.5 Å². The van der Waals surface area contributed by atoms with Crippen LogP contribution in [0.2, 0.25) is 0 Å². The van der Waals surface area contributed by atoms with Gasteiger partial charge in [0.15, 0.2) is 0 Å². The molecule has 0 atom stereocenters. The highest BCUT2D eigenvalue weighted by Crippen LogP contribution is 2.29. The van der Waals surface area contributed by atoms with Crippen molar-refractivity contribution in [1.82, 2.24) is 0 Å². The van der Waals surface area contributed by atoms with Crippen LogP contribution in [-0.4, -0.2) is 49.7 Å². The van der Waals surface area contributed by atoms with Crippen LogP contribution in [0, 0.1) is 5.41 Å². The number of anilines is 1. The second-order valence-electron chi connectivity index (χ2n) is 7.14. The van der Waals surface area contributed by atoms with Crippen molar-refractivity contribution in [2.45, 2.75) is 11.1 Å². The number of nitrogens with one attached hydrogen (secondary N) is 2. The van der Waals surface area contributed by atoms with Crippen LogP contribution >= 0.6 is 0 Å². The van der Waals surface area contributed by atoms with Crippen LogP contribution in [0.3, 0.4) is 0 Å². The van der Waals surface area contributed by atoms with Gasteiger partial charge in [0.25, 0.3) is 10.0 Å². The number of aromatic carboxylic acids is 1. The molecule has 0 aliphatic rings. The normalized spacial score (nSPS) is 10.9. The lowest BCUT2D eigenvalue weighted by Gasteiger charge is -2.13. The molecule has 11 nitrogen and oxygen atoms in total. The van der Waals surface area contributed by atoms with Crippen molar-refractivity contribution in [2.24, 2.45) is 5.73 Å². The molecule has 0 aliphatic heterocycles. The van der Waals surface area contributed by atoms with Gasteiger partial charge < -0.3 is 25.4 Å². The number of carbonyl (C=O) groups is 2. The first-order valence-corrected chi connectivity index (χ1v) is 11.6. The third kappa shape index (κ3) is 8.12. The summed E-state index contributed by atoms with van der Waals surface area (Å²) in [5.41, 5.74) is 5.68. The molecule has 3 aromatic rings. The summed E-state index contributed by atoms with van der Waals surface area (Å²) in [7, 11) is -2.48. The summed E-state index contributed by atoms with van der Waals surface area (Å²) in [6, 6.07) is 16.0. The highest BCUT2D eigenvalue weighted by atomic mass is 32.2. The maximum Gasteiger partial charge on any atom is 0.490 e. The third-order valence-corrected chi connectivity index (χ3v) is 5.84. The van der Waals surface area contributed by atoms with Gasteiger partial charge in [-0.15, -0.1) is 0 Å². The average molecular weight is 555 g/mol. The minimum absolute atomic E-state index is 0.000553. The summed E-state index contributed by atoms with van der Waals surface area (Å²) in [5, 5.41) is 24.2. The number of nitrogen functional groups attached to an aromatic ring is 1. The summed E-state index contributed by atoms with van der Waals surface area (Å²) in [4.78, 5) is 20.6. The topological polar surface area (TPSA) is 189 Å². The minimum atomic E-state index is -5.08. The van der Waals surface area contributed by atoms with E-state index >= 15 is 0 Å². The molecule has 0 fully saturated rings. The first-order valence-electron chi connectivity index (χ1n) is 10.1. The Balaban J connectivity index is 0.000000638. The molecule has 0 unspecified atom stereocenters. The number of benzene rings is 3. The number of hydrogen-bond acceptors (Lipinski definition) is 7. The molecule has 3 rings (SSSR count). The number of rotatable bonds is 8. The van der Waals surface area contributed by atoms with Crippen LogP contribution in [0.4, 0.5) is 18.9 Å². The SMILES string of the molecule is COc1ccc(S(=O)(=O)Nc2ccc(Oc3cccc(C(=N)N)c3)c(C(=O)O)c2)cc1.O=C(O)C(F)(F)F. The number of carboxylic acids is 2. The lowest BCUT2D eigenvalue weighted by molar-refractivity contribution is -0.192. The fraction of sp³-hybridized carbons (Fsp3) is 0.0870. The van der Waals surface area contributed by atoms with Gasteiger partial charge in [0.1, 0.15) is 28.6 Å². The molecule has 0 bridgehead atoms. The number of sulfonamides is 1. The van der Waals surface area contributed by atoms with Gasteiger partial charge in [0, 0.05) is 11.3 Å². The van der Waals surface area contributed by atoms with Gasteiger partial charge in [-0.25, -0.2) is 18.0 Å². The quantitative estimate of drug-likeness (QED) is 0.203. The summed E-state index contributed by atoms with van der Waals surface area (Å²) in [6.07, 6.45) is -5.08. The van der Waals surface area contributed by atoms with E-state index in [4.69, 9.17) is 30.5 Å². The van der Waals surface area contributed by atoms with Crippen LogP contribution in [0.15, 0.2) is 71.6 Å². The zero-order chi connectivity index (χ0) is 28.7. The molecule has 202 valence electrons. The van der Waals surface area contributed by atoms with Crippen LogP contribution in [0.1, 0.15) is 15.9 Å². The number of aliphatic carboxylic acids is 1. The number of halogens is 3. The Morgan fingerprint density at radius 3 is 2.08 bits per heavy atom. The first-order chi connectivity index (χ1) is 17.6. The number of methoxy groups -OCH3 is 1. The van der Waals surface area contributed by atoms with E-state index in [0.29, 0.717) is 11.3 Å². The Hall–Kier alpha value is -4.79. The van der Waals surface area contributed by atoms with Gasteiger partial charge in [-0.3, -0.25) is 10.1 Å². The first kappa shape index (κ1) is 29.4. The third-order valence-electron chi connectivity index (χ3n) is 4.45. The summed E-state index contributed by atoms with van der Waals surface area (Å²) >= 11 is 0. The van der Waals surface area contributed by atoms with Crippen molar-refractivity contribution in [3.05, 3.63) is 77.9 Å². The van der Waals surface area contributed by atoms with E-state index < -0.39 is 28.1 Å². The number of amidine groups is 1. The molecular weight excluding hydrogens is 535 g/mol. The van der Waals surface area contributed by atoms with E-state index in [1.807, 2.05) is 0 Å². The largest absolute Gasteiger partial charge is 0.497 e. The molecule has 0 radical (unpaired) electrons. The van der Waals surface area contributed by atoms with Crippen LogP contribution in [-0.2, 0) is 14.8 Å². The minimum Gasteiger partial charge on any atom is -0.497 e. The molecule has 0 amide bonds. The van der Waals surface area contributed by atoms with Gasteiger partial charge in [0.05, 0.1) is 12.0 Å². The molecule has 0 spiro atoms. The van der Waals surface area contributed by atoms with Crippen molar-refractivity contribution in [2.75, 3.05) is 11.8 Å². The lowest BCUT2D eigenvalue weighted by Crippen LogP contribution is -2.21. The number of hydrogen-bond donors (Lipinski definition) is 5. The smallest absolute Gasteiger partial charge is 0.490 e. The highest BCUT2D eigenvalue weighted by molar-refractivity contribution is 7.92. The molecule has 38 heavy (non-hydrogen) atoms. The van der Waals surface area contributed by atoms with Crippen molar-refractivity contribution in [1.29, 1.82) is 5.41 Å². The lowest BCUT2D eigenvalue weighted by atomic mass is 10.1. The molecule has 6 N–H and O–H groups in total. The summed E-state index contributed by atoms with van der Waals surface area (Å²) in [6.45, 7) is 0.